The van der Waals surface area contributed by atoms with Gasteiger partial charge in [0.15, 0.2) is 0 Å². The van der Waals surface area contributed by atoms with Gasteiger partial charge in [-0.25, -0.2) is 0 Å². The SMILES string of the molecule is CCCCCCc1csc(CC(=O)Cc2cc(CCCCCC)cs2)c1. The normalized spacial score (nSPS) is 11.2. The van der Waals surface area contributed by atoms with Crippen LogP contribution in [0.15, 0.2) is 22.9 Å². The highest BCUT2D eigenvalue weighted by atomic mass is 32.1. The third-order valence-electron chi connectivity index (χ3n) is 4.80. The Morgan fingerprint density at radius 3 is 1.62 bits per heavy atom. The largest absolute Gasteiger partial charge is 0.299 e. The molecule has 0 aliphatic carbocycles. The smallest absolute Gasteiger partial charge is 0.143 e. The van der Waals surface area contributed by atoms with Crippen LogP contribution in [0.3, 0.4) is 0 Å². The van der Waals surface area contributed by atoms with Gasteiger partial charge in [0, 0.05) is 22.6 Å². The second-order valence-electron chi connectivity index (χ2n) is 7.36. The molecular weight excluding hydrogens is 356 g/mol. The Morgan fingerprint density at radius 1 is 0.731 bits per heavy atom. The van der Waals surface area contributed by atoms with Crippen molar-refractivity contribution in [1.29, 1.82) is 0 Å². The van der Waals surface area contributed by atoms with Crippen molar-refractivity contribution in [1.82, 2.24) is 0 Å². The number of carbonyl (C=O) groups is 1. The highest BCUT2D eigenvalue weighted by molar-refractivity contribution is 7.10. The van der Waals surface area contributed by atoms with E-state index >= 15 is 0 Å². The van der Waals surface area contributed by atoms with Crippen LogP contribution >= 0.6 is 22.7 Å². The maximum absolute atomic E-state index is 12.4. The van der Waals surface area contributed by atoms with Gasteiger partial charge in [0.1, 0.15) is 5.78 Å². The molecule has 2 aromatic heterocycles. The molecule has 0 amide bonds. The molecule has 0 bridgehead atoms. The monoisotopic (exact) mass is 390 g/mol. The molecule has 0 saturated carbocycles. The lowest BCUT2D eigenvalue weighted by atomic mass is 10.1. The van der Waals surface area contributed by atoms with E-state index in [-0.39, 0.29) is 0 Å². The first kappa shape index (κ1) is 21.4. The number of hydrogen-bond donors (Lipinski definition) is 0. The number of aryl methyl sites for hydroxylation is 2. The number of rotatable bonds is 14. The van der Waals surface area contributed by atoms with Gasteiger partial charge < -0.3 is 0 Å². The van der Waals surface area contributed by atoms with E-state index in [1.54, 1.807) is 22.7 Å². The molecule has 2 heterocycles. The van der Waals surface area contributed by atoms with Crippen LogP contribution in [0.25, 0.3) is 0 Å². The fraction of sp³-hybridized carbons (Fsp3) is 0.609. The van der Waals surface area contributed by atoms with Gasteiger partial charge in [0.25, 0.3) is 0 Å². The van der Waals surface area contributed by atoms with Gasteiger partial charge in [-0.15, -0.1) is 22.7 Å². The van der Waals surface area contributed by atoms with Crippen molar-refractivity contribution >= 4 is 28.5 Å². The number of unbranched alkanes of at least 4 members (excludes halogenated alkanes) is 6. The van der Waals surface area contributed by atoms with E-state index in [1.807, 2.05) is 0 Å². The van der Waals surface area contributed by atoms with E-state index in [2.05, 4.69) is 36.7 Å². The van der Waals surface area contributed by atoms with E-state index in [0.717, 1.165) is 12.8 Å². The van der Waals surface area contributed by atoms with Gasteiger partial charge in [-0.1, -0.05) is 52.4 Å². The van der Waals surface area contributed by atoms with Gasteiger partial charge in [0.05, 0.1) is 0 Å². The summed E-state index contributed by atoms with van der Waals surface area (Å²) in [6.07, 6.45) is 13.9. The maximum Gasteiger partial charge on any atom is 0.143 e. The lowest BCUT2D eigenvalue weighted by molar-refractivity contribution is -0.117. The molecule has 0 radical (unpaired) electrons. The first-order chi connectivity index (χ1) is 12.7. The summed E-state index contributed by atoms with van der Waals surface area (Å²) in [5, 5.41) is 4.49. The Balaban J connectivity index is 1.71. The van der Waals surface area contributed by atoms with Crippen LogP contribution in [0.2, 0.25) is 0 Å². The average molecular weight is 391 g/mol. The average Bonchev–Trinajstić information content (AvgIpc) is 3.25. The molecule has 1 nitrogen and oxygen atoms in total. The van der Waals surface area contributed by atoms with Gasteiger partial charge >= 0.3 is 0 Å². The van der Waals surface area contributed by atoms with E-state index in [9.17, 15) is 4.79 Å². The highest BCUT2D eigenvalue weighted by Gasteiger charge is 2.10. The lowest BCUT2D eigenvalue weighted by Gasteiger charge is -1.98. The second-order valence-corrected chi connectivity index (χ2v) is 9.35. The maximum atomic E-state index is 12.4. The molecule has 0 N–H and O–H groups in total. The number of hydrogen-bond acceptors (Lipinski definition) is 3. The third kappa shape index (κ3) is 8.18. The quantitative estimate of drug-likeness (QED) is 0.307. The predicted octanol–water partition coefficient (Wildman–Crippen LogP) is 7.41. The van der Waals surface area contributed by atoms with Crippen molar-refractivity contribution in [3.8, 4) is 0 Å². The number of ketones is 1. The summed E-state index contributed by atoms with van der Waals surface area (Å²) < 4.78 is 0. The minimum atomic E-state index is 0.351. The van der Waals surface area contributed by atoms with Crippen LogP contribution in [0.1, 0.15) is 86.1 Å². The van der Waals surface area contributed by atoms with Gasteiger partial charge in [-0.05, 0) is 59.7 Å². The molecule has 0 saturated heterocycles. The number of carbonyl (C=O) groups excluding carboxylic acids is 1. The molecule has 2 aromatic rings. The van der Waals surface area contributed by atoms with Crippen molar-refractivity contribution in [3.05, 3.63) is 43.8 Å². The number of thiophene rings is 2. The summed E-state index contributed by atoms with van der Waals surface area (Å²) in [5.41, 5.74) is 2.83. The minimum absolute atomic E-state index is 0.351. The molecule has 0 unspecified atom stereocenters. The first-order valence-electron chi connectivity index (χ1n) is 10.4. The molecule has 0 aliphatic heterocycles. The zero-order valence-electron chi connectivity index (χ0n) is 16.5. The minimum Gasteiger partial charge on any atom is -0.299 e. The zero-order valence-corrected chi connectivity index (χ0v) is 18.2. The fourth-order valence-electron chi connectivity index (χ4n) is 3.26. The third-order valence-corrected chi connectivity index (χ3v) is 6.77. The fourth-order valence-corrected chi connectivity index (χ4v) is 5.17. The first-order valence-corrected chi connectivity index (χ1v) is 12.1. The van der Waals surface area contributed by atoms with Gasteiger partial charge in [0.2, 0.25) is 0 Å². The summed E-state index contributed by atoms with van der Waals surface area (Å²) in [5.74, 6) is 0.351. The van der Waals surface area contributed by atoms with E-state index in [0.29, 0.717) is 18.6 Å². The lowest BCUT2D eigenvalue weighted by Crippen LogP contribution is -2.04. The van der Waals surface area contributed by atoms with Crippen molar-refractivity contribution in [2.24, 2.45) is 0 Å². The molecule has 0 spiro atoms. The Hall–Kier alpha value is -0.930. The van der Waals surface area contributed by atoms with Crippen molar-refractivity contribution < 1.29 is 4.79 Å². The molecule has 3 heteroatoms. The molecule has 0 fully saturated rings. The molecule has 26 heavy (non-hydrogen) atoms. The van der Waals surface area contributed by atoms with E-state index in [1.165, 1.54) is 72.2 Å². The zero-order chi connectivity index (χ0) is 18.6. The Morgan fingerprint density at radius 2 is 1.19 bits per heavy atom. The van der Waals surface area contributed by atoms with Crippen LogP contribution in [-0.2, 0) is 30.5 Å². The Bertz CT molecular complexity index is 584. The molecule has 144 valence electrons. The molecule has 0 aromatic carbocycles. The van der Waals surface area contributed by atoms with Crippen LogP contribution in [0, 0.1) is 0 Å². The van der Waals surface area contributed by atoms with Gasteiger partial charge in [-0.3, -0.25) is 4.79 Å². The van der Waals surface area contributed by atoms with Crippen LogP contribution in [0.4, 0.5) is 0 Å². The Kier molecular flexibility index (Phi) is 10.2. The van der Waals surface area contributed by atoms with Gasteiger partial charge in [-0.2, -0.15) is 0 Å². The molecule has 0 atom stereocenters. The van der Waals surface area contributed by atoms with Crippen molar-refractivity contribution in [2.45, 2.75) is 90.9 Å². The Labute approximate surface area is 167 Å². The van der Waals surface area contributed by atoms with E-state index < -0.39 is 0 Å². The summed E-state index contributed by atoms with van der Waals surface area (Å²) in [6.45, 7) is 4.49. The number of Topliss-reactive ketones (excluding diaryl/α,β-unsaturated/α-hetero) is 1. The topological polar surface area (TPSA) is 17.1 Å². The highest BCUT2D eigenvalue weighted by Crippen LogP contribution is 2.21. The van der Waals surface area contributed by atoms with Crippen LogP contribution < -0.4 is 0 Å². The van der Waals surface area contributed by atoms with Crippen LogP contribution in [-0.4, -0.2) is 5.78 Å². The van der Waals surface area contributed by atoms with E-state index in [4.69, 9.17) is 0 Å². The van der Waals surface area contributed by atoms with Crippen LogP contribution in [0.5, 0.6) is 0 Å². The molecule has 0 aliphatic rings. The van der Waals surface area contributed by atoms with Crippen molar-refractivity contribution in [3.63, 3.8) is 0 Å². The summed E-state index contributed by atoms with van der Waals surface area (Å²) >= 11 is 3.51. The predicted molar refractivity (Wildman–Crippen MR) is 117 cm³/mol. The van der Waals surface area contributed by atoms with Crippen molar-refractivity contribution in [2.75, 3.05) is 0 Å². The summed E-state index contributed by atoms with van der Waals surface area (Å²) in [4.78, 5) is 14.9. The molecular formula is C23H34OS2. The molecule has 2 rings (SSSR count). The second kappa shape index (κ2) is 12.5. The standard InChI is InChI=1S/C23H34OS2/c1-3-5-7-9-11-19-13-22(25-17-19)15-21(24)16-23-14-20(18-26-23)12-10-8-6-4-2/h13-14,17-18H,3-12,15-16H2,1-2H3. The summed E-state index contributed by atoms with van der Waals surface area (Å²) in [7, 11) is 0. The summed E-state index contributed by atoms with van der Waals surface area (Å²) in [6, 6.07) is 4.50.